The molecule has 0 radical (unpaired) electrons. The molecule has 1 aliphatic rings. The fourth-order valence-electron chi connectivity index (χ4n) is 2.68. The first-order chi connectivity index (χ1) is 11.5. The van der Waals surface area contributed by atoms with Crippen LogP contribution in [0.2, 0.25) is 0 Å². The summed E-state index contributed by atoms with van der Waals surface area (Å²) in [5.41, 5.74) is 0. The smallest absolute Gasteiger partial charge is 0.303 e. The highest BCUT2D eigenvalue weighted by molar-refractivity contribution is 5.66. The number of hydrogen-bond acceptors (Lipinski definition) is 8. The number of rotatable bonds is 11. The second kappa shape index (κ2) is 11.7. The molecule has 0 amide bonds. The Bertz CT molecular complexity index is 351. The topological polar surface area (TPSA) is 81.7 Å². The molecule has 1 fully saturated rings. The van der Waals surface area contributed by atoms with E-state index in [0.29, 0.717) is 33.0 Å². The second-order valence-electron chi connectivity index (χ2n) is 5.57. The van der Waals surface area contributed by atoms with Gasteiger partial charge in [-0.1, -0.05) is 0 Å². The van der Waals surface area contributed by atoms with E-state index in [-0.39, 0.29) is 12.2 Å². The van der Waals surface area contributed by atoms with Crippen LogP contribution in [0.5, 0.6) is 0 Å². The molecule has 24 heavy (non-hydrogen) atoms. The Morgan fingerprint density at radius 3 is 1.96 bits per heavy atom. The van der Waals surface area contributed by atoms with Gasteiger partial charge in [-0.3, -0.25) is 4.79 Å². The summed E-state index contributed by atoms with van der Waals surface area (Å²) in [5, 5.41) is 0. The predicted molar refractivity (Wildman–Crippen MR) is 85.0 cm³/mol. The lowest BCUT2D eigenvalue weighted by molar-refractivity contribution is -0.258. The number of carbonyl (C=O) groups excluding carboxylic acids is 1. The lowest BCUT2D eigenvalue weighted by Gasteiger charge is -2.44. The summed E-state index contributed by atoms with van der Waals surface area (Å²) in [6, 6.07) is 0. The molecule has 0 aromatic heterocycles. The van der Waals surface area contributed by atoms with Crippen LogP contribution in [-0.4, -0.2) is 90.9 Å². The van der Waals surface area contributed by atoms with Gasteiger partial charge < -0.3 is 33.2 Å². The van der Waals surface area contributed by atoms with E-state index in [1.54, 1.807) is 21.3 Å². The van der Waals surface area contributed by atoms with E-state index in [9.17, 15) is 4.79 Å². The van der Waals surface area contributed by atoms with E-state index in [1.807, 2.05) is 6.92 Å². The highest BCUT2D eigenvalue weighted by Gasteiger charge is 2.47. The molecule has 0 saturated carbocycles. The molecule has 0 bridgehead atoms. The van der Waals surface area contributed by atoms with E-state index < -0.39 is 24.3 Å². The molecule has 0 spiro atoms. The average molecular weight is 350 g/mol. The molecule has 1 rings (SSSR count). The first-order valence-electron chi connectivity index (χ1n) is 8.07. The van der Waals surface area contributed by atoms with Gasteiger partial charge in [0.2, 0.25) is 0 Å². The molecule has 8 heteroatoms. The van der Waals surface area contributed by atoms with Crippen molar-refractivity contribution in [1.29, 1.82) is 0 Å². The molecular formula is C16H30O8. The normalized spacial score (nSPS) is 30.3. The Morgan fingerprint density at radius 1 is 0.875 bits per heavy atom. The summed E-state index contributed by atoms with van der Waals surface area (Å²) in [4.78, 5) is 11.5. The summed E-state index contributed by atoms with van der Waals surface area (Å²) < 4.78 is 38.5. The second-order valence-corrected chi connectivity index (χ2v) is 5.57. The van der Waals surface area contributed by atoms with Crippen LogP contribution >= 0.6 is 0 Å². The average Bonchev–Trinajstić information content (AvgIpc) is 2.53. The summed E-state index contributed by atoms with van der Waals surface area (Å²) >= 11 is 0. The third-order valence-corrected chi connectivity index (χ3v) is 3.69. The maximum absolute atomic E-state index is 11.5. The van der Waals surface area contributed by atoms with Crippen LogP contribution in [0.1, 0.15) is 13.8 Å². The molecule has 0 N–H and O–H groups in total. The van der Waals surface area contributed by atoms with Crippen LogP contribution in [-0.2, 0) is 38.0 Å². The zero-order valence-corrected chi connectivity index (χ0v) is 15.2. The van der Waals surface area contributed by atoms with Crippen molar-refractivity contribution in [1.82, 2.24) is 0 Å². The maximum atomic E-state index is 11.5. The minimum absolute atomic E-state index is 0.332. The van der Waals surface area contributed by atoms with Crippen molar-refractivity contribution in [2.75, 3.05) is 54.4 Å². The van der Waals surface area contributed by atoms with E-state index >= 15 is 0 Å². The van der Waals surface area contributed by atoms with Crippen molar-refractivity contribution < 1.29 is 38.0 Å². The van der Waals surface area contributed by atoms with Crippen LogP contribution in [0.25, 0.3) is 0 Å². The molecule has 1 heterocycles. The summed E-state index contributed by atoms with van der Waals surface area (Å²) in [6.45, 7) is 5.15. The molecule has 0 aromatic rings. The SMILES string of the molecule is COCCOC1C(COC)OC(C)C(OC(C)=O)C1OCCOC. The van der Waals surface area contributed by atoms with E-state index in [0.717, 1.165) is 0 Å². The highest BCUT2D eigenvalue weighted by Crippen LogP contribution is 2.28. The molecule has 0 aliphatic carbocycles. The minimum atomic E-state index is -0.569. The Kier molecular flexibility index (Phi) is 10.4. The lowest BCUT2D eigenvalue weighted by Crippen LogP contribution is -2.61. The van der Waals surface area contributed by atoms with Gasteiger partial charge in [0.05, 0.1) is 39.1 Å². The summed E-state index contributed by atoms with van der Waals surface area (Å²) in [7, 11) is 4.79. The maximum Gasteiger partial charge on any atom is 0.303 e. The van der Waals surface area contributed by atoms with Gasteiger partial charge >= 0.3 is 5.97 Å². The standard InChI is InChI=1S/C16H30O8/c1-11-14(24-12(2)17)16(22-9-7-19-4)15(21-8-6-18-3)13(23-11)10-20-5/h11,13-16H,6-10H2,1-5H3. The van der Waals surface area contributed by atoms with Crippen molar-refractivity contribution in [2.24, 2.45) is 0 Å². The number of hydrogen-bond donors (Lipinski definition) is 0. The van der Waals surface area contributed by atoms with Gasteiger partial charge in [0, 0.05) is 28.3 Å². The monoisotopic (exact) mass is 350 g/mol. The molecular weight excluding hydrogens is 320 g/mol. The van der Waals surface area contributed by atoms with Crippen LogP contribution in [0.4, 0.5) is 0 Å². The first kappa shape index (κ1) is 21.3. The van der Waals surface area contributed by atoms with Crippen molar-refractivity contribution in [3.8, 4) is 0 Å². The first-order valence-corrected chi connectivity index (χ1v) is 8.07. The van der Waals surface area contributed by atoms with Crippen LogP contribution in [0.3, 0.4) is 0 Å². The molecule has 5 unspecified atom stereocenters. The molecule has 1 aliphatic heterocycles. The van der Waals surface area contributed by atoms with Crippen molar-refractivity contribution in [2.45, 2.75) is 44.4 Å². The molecule has 0 aromatic carbocycles. The largest absolute Gasteiger partial charge is 0.457 e. The molecule has 1 saturated heterocycles. The fourth-order valence-corrected chi connectivity index (χ4v) is 2.68. The number of carbonyl (C=O) groups is 1. The fraction of sp³-hybridized carbons (Fsp3) is 0.938. The third-order valence-electron chi connectivity index (χ3n) is 3.69. The minimum Gasteiger partial charge on any atom is -0.457 e. The third kappa shape index (κ3) is 6.62. The summed E-state index contributed by atoms with van der Waals surface area (Å²) in [5.74, 6) is -0.392. The number of esters is 1. The van der Waals surface area contributed by atoms with Crippen LogP contribution < -0.4 is 0 Å². The number of ether oxygens (including phenoxy) is 7. The van der Waals surface area contributed by atoms with Gasteiger partial charge in [-0.25, -0.2) is 0 Å². The Labute approximate surface area is 143 Å². The van der Waals surface area contributed by atoms with Crippen molar-refractivity contribution in [3.63, 3.8) is 0 Å². The van der Waals surface area contributed by atoms with Crippen LogP contribution in [0, 0.1) is 0 Å². The van der Waals surface area contributed by atoms with Gasteiger partial charge in [-0.15, -0.1) is 0 Å². The van der Waals surface area contributed by atoms with Crippen molar-refractivity contribution in [3.05, 3.63) is 0 Å². The van der Waals surface area contributed by atoms with Gasteiger partial charge in [0.25, 0.3) is 0 Å². The molecule has 8 nitrogen and oxygen atoms in total. The zero-order chi connectivity index (χ0) is 17.9. The van der Waals surface area contributed by atoms with Gasteiger partial charge in [-0.05, 0) is 6.92 Å². The number of methoxy groups -OCH3 is 3. The van der Waals surface area contributed by atoms with E-state index in [1.165, 1.54) is 6.92 Å². The Hall–Kier alpha value is -0.770. The van der Waals surface area contributed by atoms with Crippen molar-refractivity contribution >= 4 is 5.97 Å². The molecule has 142 valence electrons. The zero-order valence-electron chi connectivity index (χ0n) is 15.2. The predicted octanol–water partition coefficient (Wildman–Crippen LogP) is 0.415. The Morgan fingerprint density at radius 2 is 1.46 bits per heavy atom. The van der Waals surface area contributed by atoms with E-state index in [4.69, 9.17) is 33.2 Å². The lowest BCUT2D eigenvalue weighted by atomic mass is 9.95. The van der Waals surface area contributed by atoms with Crippen LogP contribution in [0.15, 0.2) is 0 Å². The Balaban J connectivity index is 2.91. The molecule has 5 atom stereocenters. The van der Waals surface area contributed by atoms with Gasteiger partial charge in [0.15, 0.2) is 6.10 Å². The quantitative estimate of drug-likeness (QED) is 0.392. The van der Waals surface area contributed by atoms with Gasteiger partial charge in [-0.2, -0.15) is 0 Å². The van der Waals surface area contributed by atoms with E-state index in [2.05, 4.69) is 0 Å². The van der Waals surface area contributed by atoms with Gasteiger partial charge in [0.1, 0.15) is 18.3 Å². The highest BCUT2D eigenvalue weighted by atomic mass is 16.6. The summed E-state index contributed by atoms with van der Waals surface area (Å²) in [6.07, 6.45) is -2.17.